The molecule has 3 aliphatic rings. The Labute approximate surface area is 227 Å². The van der Waals surface area contributed by atoms with Gasteiger partial charge < -0.3 is 9.15 Å². The van der Waals surface area contributed by atoms with Crippen molar-refractivity contribution in [2.75, 3.05) is 6.54 Å². The maximum absolute atomic E-state index is 13.6. The third kappa shape index (κ3) is 4.34. The average Bonchev–Trinajstić information content (AvgIpc) is 3.74. The molecule has 2 heterocycles. The van der Waals surface area contributed by atoms with Crippen LogP contribution in [0.25, 0.3) is 0 Å². The van der Waals surface area contributed by atoms with E-state index in [1.807, 2.05) is 12.2 Å². The monoisotopic (exact) mass is 544 g/mol. The molecule has 0 N–H and O–H groups in total. The Balaban J connectivity index is 1.25. The Morgan fingerprint density at radius 2 is 1.51 bits per heavy atom. The Hall–Kier alpha value is -4.50. The van der Waals surface area contributed by atoms with Gasteiger partial charge in [-0.05, 0) is 78.9 Å². The number of halogens is 1. The lowest BCUT2D eigenvalue weighted by Gasteiger charge is -2.30. The molecule has 2 aliphatic carbocycles. The molecule has 1 aliphatic heterocycles. The fraction of sp³-hybridized carbons (Fsp3) is 0.207. The third-order valence-corrected chi connectivity index (χ3v) is 7.67. The van der Waals surface area contributed by atoms with Crippen LogP contribution in [0.2, 0.25) is 5.02 Å². The quantitative estimate of drug-likeness (QED) is 0.144. The van der Waals surface area contributed by atoms with Crippen LogP contribution in [0.4, 0.5) is 0 Å². The number of imide groups is 1. The van der Waals surface area contributed by atoms with Gasteiger partial charge in [0.25, 0.3) is 17.7 Å². The highest BCUT2D eigenvalue weighted by molar-refractivity contribution is 6.30. The topological polar surface area (TPSA) is 114 Å². The number of allylic oxidation sites excluding steroid dienone is 2. The SMILES string of the molecule is O=C(CN(C(=O)c1ccc(Cl)cc1)N1C(=O)[C@@H]2[C@@H](C1=O)[C@H]1C=C[C@H]2C1)c1ccc(OC(=O)c2ccco2)cc1. The molecule has 2 aromatic carbocycles. The second-order valence-electron chi connectivity index (χ2n) is 9.67. The minimum atomic E-state index is -0.695. The summed E-state index contributed by atoms with van der Waals surface area (Å²) in [6.45, 7) is -0.549. The van der Waals surface area contributed by atoms with Gasteiger partial charge in [0.15, 0.2) is 5.78 Å². The number of Topliss-reactive ketones (excluding diaryl/α,β-unsaturated/α-hetero) is 1. The van der Waals surface area contributed by atoms with Gasteiger partial charge in [0.05, 0.1) is 18.1 Å². The molecule has 1 saturated carbocycles. The number of carbonyl (C=O) groups is 5. The van der Waals surface area contributed by atoms with Crippen molar-refractivity contribution in [3.8, 4) is 5.75 Å². The molecule has 3 aromatic rings. The van der Waals surface area contributed by atoms with E-state index >= 15 is 0 Å². The van der Waals surface area contributed by atoms with Crippen molar-refractivity contribution < 1.29 is 33.1 Å². The molecule has 0 unspecified atom stereocenters. The van der Waals surface area contributed by atoms with E-state index in [2.05, 4.69) is 0 Å². The first-order chi connectivity index (χ1) is 18.8. The van der Waals surface area contributed by atoms with Crippen molar-refractivity contribution in [1.82, 2.24) is 10.0 Å². The van der Waals surface area contributed by atoms with Gasteiger partial charge in [-0.15, -0.1) is 0 Å². The Bertz CT molecular complexity index is 1480. The number of ether oxygens (including phenoxy) is 1. The largest absolute Gasteiger partial charge is 0.457 e. The van der Waals surface area contributed by atoms with Crippen molar-refractivity contribution in [3.63, 3.8) is 0 Å². The Morgan fingerprint density at radius 3 is 2.10 bits per heavy atom. The second-order valence-corrected chi connectivity index (χ2v) is 10.1. The highest BCUT2D eigenvalue weighted by Crippen LogP contribution is 2.52. The molecule has 0 spiro atoms. The number of ketones is 1. The van der Waals surface area contributed by atoms with Gasteiger partial charge in [0, 0.05) is 16.1 Å². The molecule has 1 saturated heterocycles. The van der Waals surface area contributed by atoms with Gasteiger partial charge in [-0.1, -0.05) is 23.8 Å². The Morgan fingerprint density at radius 1 is 0.897 bits per heavy atom. The summed E-state index contributed by atoms with van der Waals surface area (Å²) in [5.74, 6) is -3.80. The molecule has 2 bridgehead atoms. The summed E-state index contributed by atoms with van der Waals surface area (Å²) >= 11 is 5.97. The van der Waals surface area contributed by atoms with Crippen LogP contribution in [-0.2, 0) is 9.59 Å². The van der Waals surface area contributed by atoms with Crippen LogP contribution in [0.5, 0.6) is 5.75 Å². The van der Waals surface area contributed by atoms with Crippen LogP contribution in [0, 0.1) is 23.7 Å². The lowest BCUT2D eigenvalue weighted by Crippen LogP contribution is -2.52. The van der Waals surface area contributed by atoms with Crippen molar-refractivity contribution in [1.29, 1.82) is 0 Å². The van der Waals surface area contributed by atoms with E-state index in [0.29, 0.717) is 5.02 Å². The predicted molar refractivity (Wildman–Crippen MR) is 136 cm³/mol. The number of benzene rings is 2. The molecule has 9 nitrogen and oxygen atoms in total. The first-order valence-electron chi connectivity index (χ1n) is 12.3. The average molecular weight is 545 g/mol. The summed E-state index contributed by atoms with van der Waals surface area (Å²) in [5.41, 5.74) is 0.369. The smallest absolute Gasteiger partial charge is 0.379 e. The summed E-state index contributed by atoms with van der Waals surface area (Å²) in [7, 11) is 0. The number of hydrogen-bond acceptors (Lipinski definition) is 7. The second kappa shape index (κ2) is 9.67. The molecule has 196 valence electrons. The molecule has 6 rings (SSSR count). The van der Waals surface area contributed by atoms with Gasteiger partial charge in [0.2, 0.25) is 5.76 Å². The molecule has 1 aromatic heterocycles. The summed E-state index contributed by atoms with van der Waals surface area (Å²) in [5, 5.41) is 2.20. The lowest BCUT2D eigenvalue weighted by atomic mass is 9.85. The highest BCUT2D eigenvalue weighted by Gasteiger charge is 2.61. The van der Waals surface area contributed by atoms with Gasteiger partial charge in [-0.25, -0.2) is 9.80 Å². The molecular formula is C29H21ClN2O7. The van der Waals surface area contributed by atoms with Gasteiger partial charge in [0.1, 0.15) is 12.3 Å². The van der Waals surface area contributed by atoms with E-state index in [1.54, 1.807) is 6.07 Å². The van der Waals surface area contributed by atoms with Crippen molar-refractivity contribution >= 4 is 41.1 Å². The summed E-state index contributed by atoms with van der Waals surface area (Å²) in [6.07, 6.45) is 6.00. The number of fused-ring (bicyclic) bond motifs is 5. The standard InChI is InChI=1S/C29H21ClN2O7/c30-20-9-5-17(6-10-20)26(34)31(32-27(35)24-18-3-4-19(14-18)25(24)28(32)36)15-22(33)16-7-11-21(12-8-16)39-29(37)23-2-1-13-38-23/h1-13,18-19,24-25H,14-15H2/t18-,19-,24-,25-/m0/s1. The summed E-state index contributed by atoms with van der Waals surface area (Å²) < 4.78 is 10.2. The highest BCUT2D eigenvalue weighted by atomic mass is 35.5. The summed E-state index contributed by atoms with van der Waals surface area (Å²) in [4.78, 5) is 66.0. The number of hydrazine groups is 1. The number of nitrogens with zero attached hydrogens (tertiary/aromatic N) is 2. The van der Waals surface area contributed by atoms with Gasteiger partial charge >= 0.3 is 5.97 Å². The molecule has 3 amide bonds. The minimum Gasteiger partial charge on any atom is -0.457 e. The van der Waals surface area contributed by atoms with Crippen LogP contribution < -0.4 is 4.74 Å². The third-order valence-electron chi connectivity index (χ3n) is 7.42. The number of esters is 1. The van der Waals surface area contributed by atoms with Crippen LogP contribution in [-0.4, -0.2) is 46.0 Å². The molecule has 0 radical (unpaired) electrons. The normalized spacial score (nSPS) is 22.7. The first-order valence-corrected chi connectivity index (χ1v) is 12.7. The van der Waals surface area contributed by atoms with E-state index < -0.39 is 47.9 Å². The zero-order valence-corrected chi connectivity index (χ0v) is 21.1. The van der Waals surface area contributed by atoms with E-state index in [9.17, 15) is 24.0 Å². The first kappa shape index (κ1) is 24.8. The number of furan rings is 1. The van der Waals surface area contributed by atoms with Gasteiger partial charge in [-0.2, -0.15) is 5.01 Å². The zero-order valence-electron chi connectivity index (χ0n) is 20.4. The van der Waals surface area contributed by atoms with Crippen molar-refractivity contribution in [2.24, 2.45) is 23.7 Å². The van der Waals surface area contributed by atoms with E-state index in [1.165, 1.54) is 60.9 Å². The van der Waals surface area contributed by atoms with Crippen LogP contribution >= 0.6 is 11.6 Å². The molecule has 39 heavy (non-hydrogen) atoms. The maximum atomic E-state index is 13.6. The lowest BCUT2D eigenvalue weighted by molar-refractivity contribution is -0.154. The predicted octanol–water partition coefficient (Wildman–Crippen LogP) is 4.20. The maximum Gasteiger partial charge on any atom is 0.379 e. The number of amides is 3. The fourth-order valence-corrected chi connectivity index (χ4v) is 5.71. The van der Waals surface area contributed by atoms with Crippen LogP contribution in [0.15, 0.2) is 83.5 Å². The molecule has 2 fully saturated rings. The zero-order chi connectivity index (χ0) is 27.3. The molecule has 10 heteroatoms. The van der Waals surface area contributed by atoms with Crippen LogP contribution in [0.1, 0.15) is 37.7 Å². The van der Waals surface area contributed by atoms with E-state index in [-0.39, 0.29) is 34.5 Å². The number of rotatable bonds is 7. The minimum absolute atomic E-state index is 0.0276. The number of carbonyl (C=O) groups excluding carboxylic acids is 5. The Kier molecular flexibility index (Phi) is 6.15. The molecular weight excluding hydrogens is 524 g/mol. The van der Waals surface area contributed by atoms with E-state index in [4.69, 9.17) is 20.8 Å². The van der Waals surface area contributed by atoms with Gasteiger partial charge in [-0.3, -0.25) is 19.2 Å². The summed E-state index contributed by atoms with van der Waals surface area (Å²) in [6, 6.07) is 14.7. The molecule has 4 atom stereocenters. The van der Waals surface area contributed by atoms with Crippen molar-refractivity contribution in [3.05, 3.63) is 101 Å². The fourth-order valence-electron chi connectivity index (χ4n) is 5.59. The number of hydrogen-bond donors (Lipinski definition) is 0. The van der Waals surface area contributed by atoms with E-state index in [0.717, 1.165) is 16.4 Å². The van der Waals surface area contributed by atoms with Crippen LogP contribution in [0.3, 0.4) is 0 Å². The van der Waals surface area contributed by atoms with Crippen molar-refractivity contribution in [2.45, 2.75) is 6.42 Å².